The number of carbonyl (C=O) groups is 1. The fourth-order valence-corrected chi connectivity index (χ4v) is 2.37. The first-order valence-electron chi connectivity index (χ1n) is 6.64. The third kappa shape index (κ3) is 2.43. The molecule has 1 aromatic heterocycles. The molecule has 0 atom stereocenters. The first-order valence-corrected chi connectivity index (χ1v) is 6.64. The molecule has 0 aliphatic rings. The summed E-state index contributed by atoms with van der Waals surface area (Å²) < 4.78 is 1.53. The van der Waals surface area contributed by atoms with E-state index in [4.69, 9.17) is 0 Å². The Morgan fingerprint density at radius 2 is 1.71 bits per heavy atom. The lowest BCUT2D eigenvalue weighted by molar-refractivity contribution is -0.112. The molecule has 0 bridgehead atoms. The summed E-state index contributed by atoms with van der Waals surface area (Å²) in [5, 5.41) is 0. The standard InChI is InChI=1S/C17H14N2O2/c1-12(20)11-16(13-7-3-2-4-8-13)19-15-10-6-5-9-14(15)18-17(19)21/h2-11H,1H3,(H,18,21)/b16-11-. The Morgan fingerprint density at radius 1 is 1.05 bits per heavy atom. The molecule has 0 spiro atoms. The van der Waals surface area contributed by atoms with Crippen molar-refractivity contribution < 1.29 is 4.79 Å². The Balaban J connectivity index is 2.33. The molecule has 0 saturated heterocycles. The summed E-state index contributed by atoms with van der Waals surface area (Å²) >= 11 is 0. The summed E-state index contributed by atoms with van der Waals surface area (Å²) in [5.41, 5.74) is 2.63. The van der Waals surface area contributed by atoms with E-state index in [0.717, 1.165) is 16.6 Å². The summed E-state index contributed by atoms with van der Waals surface area (Å²) in [6, 6.07) is 16.8. The largest absolute Gasteiger partial charge is 0.331 e. The molecule has 21 heavy (non-hydrogen) atoms. The molecular formula is C17H14N2O2. The van der Waals surface area contributed by atoms with Crippen molar-refractivity contribution >= 4 is 22.5 Å². The summed E-state index contributed by atoms with van der Waals surface area (Å²) in [6.07, 6.45) is 1.48. The van der Waals surface area contributed by atoms with Gasteiger partial charge in [0.05, 0.1) is 16.7 Å². The van der Waals surface area contributed by atoms with Crippen LogP contribution in [-0.4, -0.2) is 15.3 Å². The van der Waals surface area contributed by atoms with Crippen molar-refractivity contribution in [1.29, 1.82) is 0 Å². The highest BCUT2D eigenvalue weighted by molar-refractivity contribution is 5.96. The molecule has 0 aliphatic carbocycles. The first kappa shape index (κ1) is 13.1. The van der Waals surface area contributed by atoms with Gasteiger partial charge in [0.1, 0.15) is 0 Å². The molecule has 0 saturated carbocycles. The molecule has 3 aromatic rings. The molecule has 0 fully saturated rings. The van der Waals surface area contributed by atoms with Crippen LogP contribution in [0.25, 0.3) is 16.7 Å². The van der Waals surface area contributed by atoms with Gasteiger partial charge in [0.15, 0.2) is 5.78 Å². The lowest BCUT2D eigenvalue weighted by Gasteiger charge is -2.09. The number of aromatic amines is 1. The maximum Gasteiger partial charge on any atom is 0.331 e. The first-order chi connectivity index (χ1) is 10.2. The lowest BCUT2D eigenvalue weighted by atomic mass is 10.1. The third-order valence-electron chi connectivity index (χ3n) is 3.24. The Hall–Kier alpha value is -2.88. The molecule has 3 rings (SSSR count). The van der Waals surface area contributed by atoms with Crippen LogP contribution in [0.1, 0.15) is 12.5 Å². The monoisotopic (exact) mass is 278 g/mol. The number of benzene rings is 2. The summed E-state index contributed by atoms with van der Waals surface area (Å²) in [5.74, 6) is -0.106. The lowest BCUT2D eigenvalue weighted by Crippen LogP contribution is -2.17. The molecule has 1 N–H and O–H groups in total. The van der Waals surface area contributed by atoms with Gasteiger partial charge in [0.25, 0.3) is 0 Å². The zero-order valence-electron chi connectivity index (χ0n) is 11.5. The van der Waals surface area contributed by atoms with E-state index < -0.39 is 0 Å². The van der Waals surface area contributed by atoms with Crippen LogP contribution in [-0.2, 0) is 4.79 Å². The average Bonchev–Trinajstić information content (AvgIpc) is 2.81. The van der Waals surface area contributed by atoms with Gasteiger partial charge in [-0.15, -0.1) is 0 Å². The molecule has 4 nitrogen and oxygen atoms in total. The third-order valence-corrected chi connectivity index (χ3v) is 3.24. The van der Waals surface area contributed by atoms with E-state index in [1.807, 2.05) is 54.6 Å². The van der Waals surface area contributed by atoms with E-state index in [1.54, 1.807) is 0 Å². The van der Waals surface area contributed by atoms with Crippen molar-refractivity contribution in [2.24, 2.45) is 0 Å². The number of carbonyl (C=O) groups excluding carboxylic acids is 1. The maximum absolute atomic E-state index is 12.3. The zero-order valence-corrected chi connectivity index (χ0v) is 11.5. The minimum Gasteiger partial charge on any atom is -0.305 e. The van der Waals surface area contributed by atoms with E-state index >= 15 is 0 Å². The number of fused-ring (bicyclic) bond motifs is 1. The van der Waals surface area contributed by atoms with Gasteiger partial charge in [-0.05, 0) is 24.6 Å². The highest BCUT2D eigenvalue weighted by Gasteiger charge is 2.12. The van der Waals surface area contributed by atoms with Crippen LogP contribution < -0.4 is 5.69 Å². The number of rotatable bonds is 3. The summed E-state index contributed by atoms with van der Waals surface area (Å²) in [7, 11) is 0. The summed E-state index contributed by atoms with van der Waals surface area (Å²) in [4.78, 5) is 26.7. The Labute approximate surface area is 121 Å². The van der Waals surface area contributed by atoms with Crippen LogP contribution in [0.3, 0.4) is 0 Å². The predicted octanol–water partition coefficient (Wildman–Crippen LogP) is 2.81. The molecule has 4 heteroatoms. The van der Waals surface area contributed by atoms with Gasteiger partial charge in [-0.3, -0.25) is 9.36 Å². The van der Waals surface area contributed by atoms with Crippen molar-refractivity contribution in [1.82, 2.24) is 9.55 Å². The van der Waals surface area contributed by atoms with Crippen LogP contribution >= 0.6 is 0 Å². The number of hydrogen-bond donors (Lipinski definition) is 1. The van der Waals surface area contributed by atoms with E-state index in [-0.39, 0.29) is 11.5 Å². The smallest absolute Gasteiger partial charge is 0.305 e. The van der Waals surface area contributed by atoms with Crippen molar-refractivity contribution in [2.75, 3.05) is 0 Å². The molecule has 0 radical (unpaired) electrons. The SMILES string of the molecule is CC(=O)/C=C(/c1ccccc1)n1c(=O)[nH]c2ccccc21. The topological polar surface area (TPSA) is 54.9 Å². The molecule has 0 unspecified atom stereocenters. The van der Waals surface area contributed by atoms with E-state index in [1.165, 1.54) is 17.6 Å². The van der Waals surface area contributed by atoms with Crippen LogP contribution in [0.2, 0.25) is 0 Å². The van der Waals surface area contributed by atoms with Gasteiger partial charge < -0.3 is 4.98 Å². The number of imidazole rings is 1. The quantitative estimate of drug-likeness (QED) is 0.749. The second-order valence-electron chi connectivity index (χ2n) is 4.79. The molecule has 0 aliphatic heterocycles. The van der Waals surface area contributed by atoms with E-state index in [2.05, 4.69) is 4.98 Å². The summed E-state index contributed by atoms with van der Waals surface area (Å²) in [6.45, 7) is 1.48. The van der Waals surface area contributed by atoms with Crippen molar-refractivity contribution in [3.63, 3.8) is 0 Å². The van der Waals surface area contributed by atoms with Gasteiger partial charge in [0, 0.05) is 6.08 Å². The van der Waals surface area contributed by atoms with Crippen LogP contribution in [0.5, 0.6) is 0 Å². The van der Waals surface area contributed by atoms with Crippen molar-refractivity contribution in [2.45, 2.75) is 6.92 Å². The van der Waals surface area contributed by atoms with Gasteiger partial charge >= 0.3 is 5.69 Å². The molecule has 2 aromatic carbocycles. The second kappa shape index (κ2) is 5.25. The van der Waals surface area contributed by atoms with E-state index in [0.29, 0.717) is 5.70 Å². The molecule has 1 heterocycles. The molecule has 0 amide bonds. The van der Waals surface area contributed by atoms with Gasteiger partial charge in [-0.2, -0.15) is 0 Å². The maximum atomic E-state index is 12.3. The normalized spacial score (nSPS) is 11.8. The second-order valence-corrected chi connectivity index (χ2v) is 4.79. The molecule has 104 valence electrons. The minimum absolute atomic E-state index is 0.106. The predicted molar refractivity (Wildman–Crippen MR) is 83.1 cm³/mol. The van der Waals surface area contributed by atoms with Crippen molar-refractivity contribution in [3.8, 4) is 0 Å². The average molecular weight is 278 g/mol. The highest BCUT2D eigenvalue weighted by atomic mass is 16.1. The van der Waals surface area contributed by atoms with Crippen LogP contribution in [0.4, 0.5) is 0 Å². The van der Waals surface area contributed by atoms with Gasteiger partial charge in [-0.25, -0.2) is 4.79 Å². The number of nitrogens with zero attached hydrogens (tertiary/aromatic N) is 1. The number of allylic oxidation sites excluding steroid dienone is 1. The zero-order chi connectivity index (χ0) is 14.8. The Morgan fingerprint density at radius 3 is 2.43 bits per heavy atom. The number of ketones is 1. The van der Waals surface area contributed by atoms with Gasteiger partial charge in [0.2, 0.25) is 0 Å². The minimum atomic E-state index is -0.257. The Kier molecular flexibility index (Phi) is 3.28. The van der Waals surface area contributed by atoms with Crippen LogP contribution in [0.15, 0.2) is 65.5 Å². The number of aromatic nitrogens is 2. The van der Waals surface area contributed by atoms with Gasteiger partial charge in [-0.1, -0.05) is 42.5 Å². The fraction of sp³-hybridized carbons (Fsp3) is 0.0588. The number of H-pyrrole nitrogens is 1. The van der Waals surface area contributed by atoms with Crippen LogP contribution in [0, 0.1) is 0 Å². The van der Waals surface area contributed by atoms with E-state index in [9.17, 15) is 9.59 Å². The number of nitrogens with one attached hydrogen (secondary N) is 1. The molecular weight excluding hydrogens is 264 g/mol. The number of hydrogen-bond acceptors (Lipinski definition) is 2. The Bertz CT molecular complexity index is 886. The van der Waals surface area contributed by atoms with Crippen molar-refractivity contribution in [3.05, 3.63) is 76.7 Å². The highest BCUT2D eigenvalue weighted by Crippen LogP contribution is 2.20. The number of para-hydroxylation sites is 2. The fourth-order valence-electron chi connectivity index (χ4n) is 2.37.